The lowest BCUT2D eigenvalue weighted by atomic mass is 10.0. The van der Waals surface area contributed by atoms with E-state index < -0.39 is 18.1 Å². The standard InChI is InChI=1S/C8H17NO3/c1-5(2)4-6(9)7(10)8(11)12-3/h5-7,10H,4,9H2,1-3H3. The molecular formula is C8H17NO3. The first-order valence-corrected chi connectivity index (χ1v) is 4.00. The summed E-state index contributed by atoms with van der Waals surface area (Å²) in [5.41, 5.74) is 5.54. The van der Waals surface area contributed by atoms with Crippen LogP contribution < -0.4 is 5.73 Å². The Morgan fingerprint density at radius 2 is 2.08 bits per heavy atom. The molecule has 0 aliphatic heterocycles. The molecule has 0 aliphatic carbocycles. The van der Waals surface area contributed by atoms with Gasteiger partial charge in [0.25, 0.3) is 0 Å². The van der Waals surface area contributed by atoms with Crippen molar-refractivity contribution in [1.29, 1.82) is 0 Å². The first-order chi connectivity index (χ1) is 5.49. The molecule has 0 spiro atoms. The number of carbonyl (C=O) groups excluding carboxylic acids is 1. The van der Waals surface area contributed by atoms with E-state index in [1.165, 1.54) is 7.11 Å². The van der Waals surface area contributed by atoms with Gasteiger partial charge in [-0.3, -0.25) is 0 Å². The molecule has 0 aromatic heterocycles. The second-order valence-electron chi connectivity index (χ2n) is 3.26. The largest absolute Gasteiger partial charge is 0.467 e. The minimum atomic E-state index is -1.20. The van der Waals surface area contributed by atoms with E-state index in [9.17, 15) is 9.90 Å². The van der Waals surface area contributed by atoms with Gasteiger partial charge in [0.15, 0.2) is 6.10 Å². The summed E-state index contributed by atoms with van der Waals surface area (Å²) in [6.45, 7) is 3.95. The van der Waals surface area contributed by atoms with E-state index in [1.807, 2.05) is 13.8 Å². The number of rotatable bonds is 4. The molecule has 0 amide bonds. The quantitative estimate of drug-likeness (QED) is 0.585. The van der Waals surface area contributed by atoms with Crippen molar-refractivity contribution < 1.29 is 14.6 Å². The number of aliphatic hydroxyl groups is 1. The molecule has 4 nitrogen and oxygen atoms in total. The minimum Gasteiger partial charge on any atom is -0.467 e. The van der Waals surface area contributed by atoms with Gasteiger partial charge in [0.2, 0.25) is 0 Å². The lowest BCUT2D eigenvalue weighted by Crippen LogP contribution is -2.41. The first kappa shape index (κ1) is 11.4. The molecule has 0 aliphatic rings. The topological polar surface area (TPSA) is 72.5 Å². The predicted octanol–water partition coefficient (Wildman–Crippen LogP) is -0.106. The van der Waals surface area contributed by atoms with Gasteiger partial charge in [0.1, 0.15) is 0 Å². The van der Waals surface area contributed by atoms with Gasteiger partial charge in [-0.2, -0.15) is 0 Å². The smallest absolute Gasteiger partial charge is 0.336 e. The van der Waals surface area contributed by atoms with Crippen molar-refractivity contribution in [3.63, 3.8) is 0 Å². The van der Waals surface area contributed by atoms with Crippen molar-refractivity contribution in [3.8, 4) is 0 Å². The molecule has 0 bridgehead atoms. The third kappa shape index (κ3) is 3.69. The van der Waals surface area contributed by atoms with Gasteiger partial charge in [-0.1, -0.05) is 13.8 Å². The molecule has 12 heavy (non-hydrogen) atoms. The van der Waals surface area contributed by atoms with Gasteiger partial charge < -0.3 is 15.6 Å². The van der Waals surface area contributed by atoms with Crippen molar-refractivity contribution in [3.05, 3.63) is 0 Å². The summed E-state index contributed by atoms with van der Waals surface area (Å²) >= 11 is 0. The maximum absolute atomic E-state index is 10.8. The molecule has 0 saturated carbocycles. The normalized spacial score (nSPS) is 15.8. The van der Waals surface area contributed by atoms with E-state index in [4.69, 9.17) is 5.73 Å². The van der Waals surface area contributed by atoms with Gasteiger partial charge in [0, 0.05) is 6.04 Å². The van der Waals surface area contributed by atoms with Crippen LogP contribution in [0.4, 0.5) is 0 Å². The summed E-state index contributed by atoms with van der Waals surface area (Å²) in [5.74, 6) is -0.303. The highest BCUT2D eigenvalue weighted by Crippen LogP contribution is 2.06. The van der Waals surface area contributed by atoms with Crippen molar-refractivity contribution in [2.24, 2.45) is 11.7 Å². The lowest BCUT2D eigenvalue weighted by Gasteiger charge is -2.17. The zero-order valence-corrected chi connectivity index (χ0v) is 7.78. The fraction of sp³-hybridized carbons (Fsp3) is 0.875. The molecule has 2 unspecified atom stereocenters. The Morgan fingerprint density at radius 1 is 1.58 bits per heavy atom. The summed E-state index contributed by atoms with van der Waals surface area (Å²) in [6, 6.07) is -0.530. The maximum atomic E-state index is 10.8. The molecular weight excluding hydrogens is 158 g/mol. The number of methoxy groups -OCH3 is 1. The highest BCUT2D eigenvalue weighted by Gasteiger charge is 2.23. The van der Waals surface area contributed by atoms with Gasteiger partial charge in [-0.25, -0.2) is 4.79 Å². The fourth-order valence-corrected chi connectivity index (χ4v) is 0.969. The van der Waals surface area contributed by atoms with Crippen molar-refractivity contribution >= 4 is 5.97 Å². The molecule has 3 N–H and O–H groups in total. The number of esters is 1. The number of hydrogen-bond acceptors (Lipinski definition) is 4. The third-order valence-corrected chi connectivity index (χ3v) is 1.59. The van der Waals surface area contributed by atoms with Crippen molar-refractivity contribution in [2.75, 3.05) is 7.11 Å². The summed E-state index contributed by atoms with van der Waals surface area (Å²) in [6.07, 6.45) is -0.589. The van der Waals surface area contributed by atoms with Crippen LogP contribution in [-0.2, 0) is 9.53 Å². The molecule has 0 saturated heterocycles. The summed E-state index contributed by atoms with van der Waals surface area (Å²) in [7, 11) is 1.23. The lowest BCUT2D eigenvalue weighted by molar-refractivity contribution is -0.151. The predicted molar refractivity (Wildman–Crippen MR) is 45.5 cm³/mol. The number of nitrogens with two attached hydrogens (primary N) is 1. The minimum absolute atomic E-state index is 0.360. The van der Waals surface area contributed by atoms with Crippen LogP contribution in [0.3, 0.4) is 0 Å². The molecule has 0 aromatic rings. The highest BCUT2D eigenvalue weighted by molar-refractivity contribution is 5.75. The molecule has 0 fully saturated rings. The third-order valence-electron chi connectivity index (χ3n) is 1.59. The van der Waals surface area contributed by atoms with Gasteiger partial charge >= 0.3 is 5.97 Å². The molecule has 0 heterocycles. The van der Waals surface area contributed by atoms with Crippen LogP contribution in [0.5, 0.6) is 0 Å². The van der Waals surface area contributed by atoms with Gasteiger partial charge in [0.05, 0.1) is 7.11 Å². The Bertz CT molecular complexity index is 147. The molecule has 72 valence electrons. The van der Waals surface area contributed by atoms with Crippen LogP contribution in [0.15, 0.2) is 0 Å². The van der Waals surface area contributed by atoms with Gasteiger partial charge in [-0.15, -0.1) is 0 Å². The second kappa shape index (κ2) is 5.11. The molecule has 0 radical (unpaired) electrons. The Kier molecular flexibility index (Phi) is 4.85. The van der Waals surface area contributed by atoms with Crippen LogP contribution in [0, 0.1) is 5.92 Å². The van der Waals surface area contributed by atoms with Crippen LogP contribution in [-0.4, -0.2) is 30.3 Å². The van der Waals surface area contributed by atoms with Crippen molar-refractivity contribution in [1.82, 2.24) is 0 Å². The van der Waals surface area contributed by atoms with E-state index in [0.29, 0.717) is 12.3 Å². The Balaban J connectivity index is 3.91. The van der Waals surface area contributed by atoms with E-state index in [1.54, 1.807) is 0 Å². The van der Waals surface area contributed by atoms with E-state index in [-0.39, 0.29) is 0 Å². The summed E-state index contributed by atoms with van der Waals surface area (Å²) in [4.78, 5) is 10.8. The fourth-order valence-electron chi connectivity index (χ4n) is 0.969. The Hall–Kier alpha value is -0.610. The van der Waals surface area contributed by atoms with Crippen LogP contribution in [0.2, 0.25) is 0 Å². The van der Waals surface area contributed by atoms with Gasteiger partial charge in [-0.05, 0) is 12.3 Å². The van der Waals surface area contributed by atoms with Crippen LogP contribution in [0.25, 0.3) is 0 Å². The zero-order valence-electron chi connectivity index (χ0n) is 7.78. The molecule has 0 aromatic carbocycles. The number of ether oxygens (including phenoxy) is 1. The second-order valence-corrected chi connectivity index (χ2v) is 3.26. The zero-order chi connectivity index (χ0) is 9.72. The van der Waals surface area contributed by atoms with E-state index in [0.717, 1.165) is 0 Å². The molecule has 0 rings (SSSR count). The SMILES string of the molecule is COC(=O)C(O)C(N)CC(C)C. The van der Waals surface area contributed by atoms with Crippen LogP contribution >= 0.6 is 0 Å². The number of hydrogen-bond donors (Lipinski definition) is 2. The highest BCUT2D eigenvalue weighted by atomic mass is 16.5. The molecule has 2 atom stereocenters. The maximum Gasteiger partial charge on any atom is 0.336 e. The summed E-state index contributed by atoms with van der Waals surface area (Å²) < 4.78 is 4.35. The van der Waals surface area contributed by atoms with Crippen molar-refractivity contribution in [2.45, 2.75) is 32.4 Å². The monoisotopic (exact) mass is 175 g/mol. The first-order valence-electron chi connectivity index (χ1n) is 4.00. The van der Waals surface area contributed by atoms with E-state index >= 15 is 0 Å². The number of carbonyl (C=O) groups is 1. The average Bonchev–Trinajstić information content (AvgIpc) is 2.00. The molecule has 4 heteroatoms. The number of aliphatic hydroxyl groups excluding tert-OH is 1. The Morgan fingerprint density at radius 3 is 2.42 bits per heavy atom. The van der Waals surface area contributed by atoms with Crippen LogP contribution in [0.1, 0.15) is 20.3 Å². The Labute approximate surface area is 72.7 Å². The van der Waals surface area contributed by atoms with E-state index in [2.05, 4.69) is 4.74 Å². The average molecular weight is 175 g/mol. The summed E-state index contributed by atoms with van der Waals surface area (Å²) in [5, 5.41) is 9.24.